The van der Waals surface area contributed by atoms with Crippen molar-refractivity contribution in [3.63, 3.8) is 0 Å². The summed E-state index contributed by atoms with van der Waals surface area (Å²) in [6.07, 6.45) is 4.20. The zero-order valence-corrected chi connectivity index (χ0v) is 16.4. The van der Waals surface area contributed by atoms with E-state index >= 15 is 0 Å². The first-order chi connectivity index (χ1) is 14.1. The van der Waals surface area contributed by atoms with Crippen LogP contribution >= 0.6 is 0 Å². The van der Waals surface area contributed by atoms with Crippen LogP contribution in [0.2, 0.25) is 0 Å². The number of nitrogens with one attached hydrogen (secondary N) is 1. The quantitative estimate of drug-likeness (QED) is 0.814. The van der Waals surface area contributed by atoms with Crippen molar-refractivity contribution < 1.29 is 14.4 Å². The number of benzene rings is 2. The summed E-state index contributed by atoms with van der Waals surface area (Å²) in [5.41, 5.74) is 1.14. The monoisotopic (exact) mass is 391 g/mol. The highest BCUT2D eigenvalue weighted by atomic mass is 16.2. The van der Waals surface area contributed by atoms with Crippen molar-refractivity contribution in [2.75, 3.05) is 19.6 Å². The first-order valence-electron chi connectivity index (χ1n) is 10.5. The minimum absolute atomic E-state index is 0.124. The van der Waals surface area contributed by atoms with Gasteiger partial charge < -0.3 is 10.2 Å². The van der Waals surface area contributed by atoms with Crippen molar-refractivity contribution in [3.05, 3.63) is 47.5 Å². The Kier molecular flexibility index (Phi) is 4.59. The summed E-state index contributed by atoms with van der Waals surface area (Å²) < 4.78 is 0. The van der Waals surface area contributed by atoms with E-state index in [4.69, 9.17) is 0 Å². The molecule has 0 aromatic heterocycles. The average molecular weight is 391 g/mol. The first kappa shape index (κ1) is 18.3. The number of hydrogen-bond donors (Lipinski definition) is 1. The normalized spacial score (nSPS) is 23.6. The Morgan fingerprint density at radius 2 is 1.66 bits per heavy atom. The van der Waals surface area contributed by atoms with Crippen LogP contribution in [0.3, 0.4) is 0 Å². The summed E-state index contributed by atoms with van der Waals surface area (Å²) in [6.45, 7) is 1.84. The molecule has 5 rings (SSSR count). The number of likely N-dealkylation sites (tertiary alicyclic amines) is 1. The molecule has 2 unspecified atom stereocenters. The molecule has 3 heterocycles. The summed E-state index contributed by atoms with van der Waals surface area (Å²) in [7, 11) is 0. The Morgan fingerprint density at radius 1 is 0.966 bits per heavy atom. The van der Waals surface area contributed by atoms with Crippen LogP contribution in [0.4, 0.5) is 0 Å². The van der Waals surface area contributed by atoms with Crippen molar-refractivity contribution in [1.29, 1.82) is 0 Å². The second-order valence-electron chi connectivity index (χ2n) is 8.34. The fourth-order valence-corrected chi connectivity index (χ4v) is 5.00. The van der Waals surface area contributed by atoms with E-state index in [9.17, 15) is 14.4 Å². The Balaban J connectivity index is 1.25. The predicted molar refractivity (Wildman–Crippen MR) is 110 cm³/mol. The van der Waals surface area contributed by atoms with Crippen molar-refractivity contribution >= 4 is 28.5 Å². The molecule has 1 N–H and O–H groups in total. The number of hydrogen-bond acceptors (Lipinski definition) is 4. The Morgan fingerprint density at radius 3 is 2.38 bits per heavy atom. The molecule has 3 aliphatic heterocycles. The molecule has 6 nitrogen and oxygen atoms in total. The lowest BCUT2D eigenvalue weighted by Crippen LogP contribution is -2.42. The van der Waals surface area contributed by atoms with Crippen LogP contribution in [-0.4, -0.2) is 59.2 Å². The fourth-order valence-electron chi connectivity index (χ4n) is 5.00. The summed E-state index contributed by atoms with van der Waals surface area (Å²) >= 11 is 0. The van der Waals surface area contributed by atoms with Gasteiger partial charge in [-0.25, -0.2) is 0 Å². The Hall–Kier alpha value is -2.73. The van der Waals surface area contributed by atoms with Crippen LogP contribution in [0.15, 0.2) is 36.4 Å². The van der Waals surface area contributed by atoms with Gasteiger partial charge in [0, 0.05) is 54.7 Å². The molecule has 150 valence electrons. The number of rotatable bonds is 4. The smallest absolute Gasteiger partial charge is 0.261 e. The molecule has 2 bridgehead atoms. The van der Waals surface area contributed by atoms with Gasteiger partial charge in [-0.15, -0.1) is 0 Å². The zero-order chi connectivity index (χ0) is 20.0. The van der Waals surface area contributed by atoms with E-state index in [2.05, 4.69) is 5.32 Å². The number of fused-ring (bicyclic) bond motifs is 2. The van der Waals surface area contributed by atoms with E-state index in [0.717, 1.165) is 36.7 Å². The molecule has 0 aliphatic carbocycles. The number of amides is 3. The van der Waals surface area contributed by atoms with Gasteiger partial charge in [-0.3, -0.25) is 19.3 Å². The van der Waals surface area contributed by atoms with Crippen LogP contribution in [0, 0.1) is 0 Å². The third kappa shape index (κ3) is 3.21. The van der Waals surface area contributed by atoms with E-state index in [0.29, 0.717) is 36.1 Å². The molecule has 0 radical (unpaired) electrons. The van der Waals surface area contributed by atoms with Gasteiger partial charge in [-0.1, -0.05) is 24.3 Å². The minimum Gasteiger partial charge on any atom is -0.341 e. The van der Waals surface area contributed by atoms with Crippen molar-refractivity contribution in [1.82, 2.24) is 15.1 Å². The Labute approximate surface area is 169 Å². The van der Waals surface area contributed by atoms with Crippen molar-refractivity contribution in [2.24, 2.45) is 0 Å². The number of carbonyl (C=O) groups is 3. The molecule has 2 saturated heterocycles. The second kappa shape index (κ2) is 7.26. The van der Waals surface area contributed by atoms with Crippen LogP contribution in [0.5, 0.6) is 0 Å². The van der Waals surface area contributed by atoms with Crippen LogP contribution < -0.4 is 5.32 Å². The average Bonchev–Trinajstić information content (AvgIpc) is 3.06. The number of imide groups is 1. The van der Waals surface area contributed by atoms with Gasteiger partial charge in [-0.05, 0) is 43.2 Å². The lowest BCUT2D eigenvalue weighted by atomic mass is 9.94. The maximum Gasteiger partial charge on any atom is 0.261 e. The molecule has 3 aliphatic rings. The predicted octanol–water partition coefficient (Wildman–Crippen LogP) is 2.57. The van der Waals surface area contributed by atoms with E-state index in [1.165, 1.54) is 11.3 Å². The van der Waals surface area contributed by atoms with Crippen molar-refractivity contribution in [3.8, 4) is 0 Å². The van der Waals surface area contributed by atoms with Gasteiger partial charge in [-0.2, -0.15) is 0 Å². The number of nitrogens with zero attached hydrogens (tertiary/aromatic N) is 2. The van der Waals surface area contributed by atoms with Crippen molar-refractivity contribution in [2.45, 2.75) is 44.2 Å². The largest absolute Gasteiger partial charge is 0.341 e. The third-order valence-electron chi connectivity index (χ3n) is 6.50. The molecule has 2 fully saturated rings. The maximum absolute atomic E-state index is 12.9. The lowest BCUT2D eigenvalue weighted by Gasteiger charge is -2.28. The molecule has 2 atom stereocenters. The fraction of sp³-hybridized carbons (Fsp3) is 0.435. The van der Waals surface area contributed by atoms with Gasteiger partial charge in [0.2, 0.25) is 5.91 Å². The molecule has 3 amide bonds. The van der Waals surface area contributed by atoms with E-state index in [-0.39, 0.29) is 24.3 Å². The molecule has 0 spiro atoms. The van der Waals surface area contributed by atoms with Crippen LogP contribution in [-0.2, 0) is 4.79 Å². The summed E-state index contributed by atoms with van der Waals surface area (Å²) in [4.78, 5) is 41.8. The molecular formula is C23H25N3O3. The Bertz CT molecular complexity index is 951. The molecule has 0 saturated carbocycles. The summed E-state index contributed by atoms with van der Waals surface area (Å²) in [5.74, 6) is -0.398. The highest BCUT2D eigenvalue weighted by Crippen LogP contribution is 2.30. The molecule has 6 heteroatoms. The highest BCUT2D eigenvalue weighted by Gasteiger charge is 2.33. The van der Waals surface area contributed by atoms with Gasteiger partial charge in [0.25, 0.3) is 11.8 Å². The third-order valence-corrected chi connectivity index (χ3v) is 6.50. The molecular weight excluding hydrogens is 366 g/mol. The standard InChI is InChI=1S/C23H25N3O3/c27-20(25-13-11-16-9-10-17(14-25)24-16)8-3-12-26-22(28)18-6-1-4-15-5-2-7-19(21(15)18)23(26)29/h1-2,4-7,16-17,24H,3,8-14H2. The highest BCUT2D eigenvalue weighted by molar-refractivity contribution is 6.25. The van der Waals surface area contributed by atoms with E-state index in [1.54, 1.807) is 12.1 Å². The van der Waals surface area contributed by atoms with Gasteiger partial charge in [0.1, 0.15) is 0 Å². The second-order valence-corrected chi connectivity index (χ2v) is 8.34. The SMILES string of the molecule is O=C(CCCN1C(=O)c2cccc3cccc(c23)C1=O)N1CCC2CCC(C1)N2. The van der Waals surface area contributed by atoms with Gasteiger partial charge >= 0.3 is 0 Å². The zero-order valence-electron chi connectivity index (χ0n) is 16.4. The van der Waals surface area contributed by atoms with Gasteiger partial charge in [0.15, 0.2) is 0 Å². The molecule has 2 aromatic rings. The first-order valence-corrected chi connectivity index (χ1v) is 10.5. The lowest BCUT2D eigenvalue weighted by molar-refractivity contribution is -0.131. The molecule has 29 heavy (non-hydrogen) atoms. The summed E-state index contributed by atoms with van der Waals surface area (Å²) in [5, 5.41) is 5.23. The topological polar surface area (TPSA) is 69.7 Å². The number of carbonyl (C=O) groups excluding carboxylic acids is 3. The van der Waals surface area contributed by atoms with Crippen LogP contribution in [0.25, 0.3) is 10.8 Å². The maximum atomic E-state index is 12.9. The summed E-state index contributed by atoms with van der Waals surface area (Å²) in [6, 6.07) is 12.0. The van der Waals surface area contributed by atoms with Crippen LogP contribution in [0.1, 0.15) is 52.8 Å². The molecule has 2 aromatic carbocycles. The van der Waals surface area contributed by atoms with Gasteiger partial charge in [0.05, 0.1) is 0 Å². The van der Waals surface area contributed by atoms with E-state index < -0.39 is 0 Å². The van der Waals surface area contributed by atoms with E-state index in [1.807, 2.05) is 29.2 Å². The minimum atomic E-state index is -0.261.